The minimum absolute atomic E-state index is 0.0169. The SMILES string of the molecule is COCCNC(=O)CN1CCN(c2ccc(C(=O)O)cc2NS(=O)(=O)c2ccc(C)cc2)CC1.O=C(O)C(F)(F)F. The number of anilines is 2. The van der Waals surface area contributed by atoms with Crippen LogP contribution in [0.15, 0.2) is 47.4 Å². The predicted octanol–water partition coefficient (Wildman–Crippen LogP) is 2.01. The van der Waals surface area contributed by atoms with Gasteiger partial charge in [0.25, 0.3) is 10.0 Å². The molecule has 0 saturated carbocycles. The molecule has 226 valence electrons. The van der Waals surface area contributed by atoms with Gasteiger partial charge in [0.1, 0.15) is 0 Å². The number of carbonyl (C=O) groups is 3. The normalized spacial score (nSPS) is 14.0. The second-order valence-corrected chi connectivity index (χ2v) is 10.5. The summed E-state index contributed by atoms with van der Waals surface area (Å²) in [5.74, 6) is -3.98. The Balaban J connectivity index is 0.000000745. The number of carboxylic acids is 2. The van der Waals surface area contributed by atoms with Gasteiger partial charge >= 0.3 is 18.1 Å². The van der Waals surface area contributed by atoms with Crippen molar-refractivity contribution in [2.45, 2.75) is 18.0 Å². The summed E-state index contributed by atoms with van der Waals surface area (Å²) in [4.78, 5) is 36.5. The molecule has 0 aromatic heterocycles. The van der Waals surface area contributed by atoms with Crippen LogP contribution >= 0.6 is 0 Å². The number of nitrogens with zero attached hydrogens (tertiary/aromatic N) is 2. The smallest absolute Gasteiger partial charge is 0.478 e. The third-order valence-corrected chi connectivity index (χ3v) is 7.15. The maximum absolute atomic E-state index is 13.0. The third-order valence-electron chi connectivity index (χ3n) is 5.77. The second kappa shape index (κ2) is 14.7. The number of ether oxygens (including phenoxy) is 1. The van der Waals surface area contributed by atoms with E-state index in [4.69, 9.17) is 14.6 Å². The van der Waals surface area contributed by atoms with Gasteiger partial charge in [-0.05, 0) is 37.3 Å². The van der Waals surface area contributed by atoms with E-state index in [9.17, 15) is 36.3 Å². The van der Waals surface area contributed by atoms with Gasteiger partial charge in [0, 0.05) is 39.8 Å². The molecule has 1 aliphatic rings. The number of aryl methyl sites for hydroxylation is 1. The van der Waals surface area contributed by atoms with Gasteiger partial charge in [-0.2, -0.15) is 13.2 Å². The van der Waals surface area contributed by atoms with E-state index in [-0.39, 0.29) is 28.6 Å². The molecule has 4 N–H and O–H groups in total. The molecule has 0 bridgehead atoms. The average Bonchev–Trinajstić information content (AvgIpc) is 2.89. The number of amides is 1. The summed E-state index contributed by atoms with van der Waals surface area (Å²) < 4.78 is 65.2. The van der Waals surface area contributed by atoms with Crippen molar-refractivity contribution in [3.05, 3.63) is 53.6 Å². The molecule has 1 heterocycles. The Morgan fingerprint density at radius 3 is 2.10 bits per heavy atom. The first-order valence-corrected chi connectivity index (χ1v) is 13.6. The Morgan fingerprint density at radius 1 is 1.00 bits per heavy atom. The Labute approximate surface area is 234 Å². The molecule has 1 saturated heterocycles. The van der Waals surface area contributed by atoms with E-state index in [0.717, 1.165) is 5.56 Å². The number of rotatable bonds is 10. The maximum Gasteiger partial charge on any atom is 0.490 e. The van der Waals surface area contributed by atoms with Gasteiger partial charge < -0.3 is 25.2 Å². The van der Waals surface area contributed by atoms with Crippen molar-refractivity contribution < 1.29 is 50.9 Å². The number of hydrogen-bond donors (Lipinski definition) is 4. The molecule has 1 amide bonds. The van der Waals surface area contributed by atoms with Crippen molar-refractivity contribution in [1.82, 2.24) is 10.2 Å². The predicted molar refractivity (Wildman–Crippen MR) is 143 cm³/mol. The van der Waals surface area contributed by atoms with Crippen LogP contribution < -0.4 is 14.9 Å². The van der Waals surface area contributed by atoms with Crippen LogP contribution in [0.2, 0.25) is 0 Å². The van der Waals surface area contributed by atoms with Crippen molar-refractivity contribution in [2.75, 3.05) is 62.6 Å². The Morgan fingerprint density at radius 2 is 1.59 bits per heavy atom. The molecular weight excluding hydrogens is 573 g/mol. The maximum atomic E-state index is 13.0. The van der Waals surface area contributed by atoms with E-state index in [0.29, 0.717) is 45.0 Å². The fourth-order valence-electron chi connectivity index (χ4n) is 3.65. The number of halogens is 3. The lowest BCUT2D eigenvalue weighted by molar-refractivity contribution is -0.192. The standard InChI is InChI=1S/C23H30N4O6S.C2HF3O2/c1-17-3-6-19(7-4-17)34(31,32)25-20-15-18(23(29)30)5-8-21(20)27-12-10-26(11-13-27)16-22(28)24-9-14-33-2;3-2(4,5)1(6)7/h3-8,15,25H,9-14,16H2,1-2H3,(H,24,28)(H,29,30);(H,6,7). The number of sulfonamides is 1. The second-order valence-electron chi connectivity index (χ2n) is 8.86. The molecule has 0 atom stereocenters. The zero-order valence-electron chi connectivity index (χ0n) is 22.3. The highest BCUT2D eigenvalue weighted by Gasteiger charge is 2.38. The fourth-order valence-corrected chi connectivity index (χ4v) is 4.71. The van der Waals surface area contributed by atoms with Crippen LogP contribution in [-0.4, -0.2) is 101 Å². The first-order chi connectivity index (χ1) is 19.1. The number of alkyl halides is 3. The highest BCUT2D eigenvalue weighted by molar-refractivity contribution is 7.92. The summed E-state index contributed by atoms with van der Waals surface area (Å²) >= 11 is 0. The number of aromatic carboxylic acids is 1. The number of aliphatic carboxylic acids is 1. The van der Waals surface area contributed by atoms with Gasteiger partial charge in [-0.25, -0.2) is 18.0 Å². The average molecular weight is 605 g/mol. The van der Waals surface area contributed by atoms with Gasteiger partial charge in [-0.15, -0.1) is 0 Å². The van der Waals surface area contributed by atoms with E-state index in [1.807, 2.05) is 16.7 Å². The van der Waals surface area contributed by atoms with Gasteiger partial charge in [-0.3, -0.25) is 14.4 Å². The lowest BCUT2D eigenvalue weighted by atomic mass is 10.1. The van der Waals surface area contributed by atoms with Gasteiger partial charge in [0.05, 0.1) is 35.0 Å². The lowest BCUT2D eigenvalue weighted by Crippen LogP contribution is -2.49. The van der Waals surface area contributed by atoms with E-state index >= 15 is 0 Å². The van der Waals surface area contributed by atoms with Gasteiger partial charge in [-0.1, -0.05) is 17.7 Å². The molecule has 41 heavy (non-hydrogen) atoms. The molecule has 12 nitrogen and oxygen atoms in total. The topological polar surface area (TPSA) is 166 Å². The molecule has 3 rings (SSSR count). The van der Waals surface area contributed by atoms with Gasteiger partial charge in [0.15, 0.2) is 0 Å². The van der Waals surface area contributed by atoms with Crippen molar-refractivity contribution in [3.63, 3.8) is 0 Å². The van der Waals surface area contributed by atoms with E-state index in [2.05, 4.69) is 10.0 Å². The van der Waals surface area contributed by atoms with Crippen LogP contribution in [0.1, 0.15) is 15.9 Å². The molecule has 2 aromatic rings. The number of carboxylic acid groups (broad SMARTS) is 2. The first-order valence-electron chi connectivity index (χ1n) is 12.1. The third kappa shape index (κ3) is 10.5. The zero-order chi connectivity index (χ0) is 30.8. The molecule has 1 aliphatic heterocycles. The summed E-state index contributed by atoms with van der Waals surface area (Å²) in [7, 11) is -2.34. The van der Waals surface area contributed by atoms with Crippen LogP contribution in [0.3, 0.4) is 0 Å². The largest absolute Gasteiger partial charge is 0.490 e. The highest BCUT2D eigenvalue weighted by Crippen LogP contribution is 2.30. The van der Waals surface area contributed by atoms with Crippen molar-refractivity contribution in [3.8, 4) is 0 Å². The van der Waals surface area contributed by atoms with E-state index in [1.54, 1.807) is 25.3 Å². The molecule has 0 radical (unpaired) electrons. The Kier molecular flexibility index (Phi) is 11.9. The fraction of sp³-hybridized carbons (Fsp3) is 0.400. The quantitative estimate of drug-likeness (QED) is 0.295. The molecule has 0 unspecified atom stereocenters. The molecule has 2 aromatic carbocycles. The number of hydrogen-bond acceptors (Lipinski definition) is 8. The summed E-state index contributed by atoms with van der Waals surface area (Å²) in [5.41, 5.74) is 1.70. The Bertz CT molecular complexity index is 1310. The van der Waals surface area contributed by atoms with Crippen molar-refractivity contribution in [1.29, 1.82) is 0 Å². The summed E-state index contributed by atoms with van der Waals surface area (Å²) in [6.45, 7) is 5.34. The minimum atomic E-state index is -5.08. The molecule has 16 heteroatoms. The highest BCUT2D eigenvalue weighted by atomic mass is 32.2. The summed E-state index contributed by atoms with van der Waals surface area (Å²) in [6, 6.07) is 10.8. The van der Waals surface area contributed by atoms with E-state index in [1.165, 1.54) is 24.3 Å². The number of piperazine rings is 1. The summed E-state index contributed by atoms with van der Waals surface area (Å²) in [5, 5.41) is 19.3. The molecule has 1 fully saturated rings. The van der Waals surface area contributed by atoms with Crippen LogP contribution in [0, 0.1) is 6.92 Å². The first kappa shape index (κ1) is 33.3. The van der Waals surface area contributed by atoms with Crippen LogP contribution in [0.5, 0.6) is 0 Å². The van der Waals surface area contributed by atoms with Crippen LogP contribution in [-0.2, 0) is 24.3 Å². The number of nitrogens with one attached hydrogen (secondary N) is 2. The number of benzene rings is 2. The monoisotopic (exact) mass is 604 g/mol. The molecule has 0 spiro atoms. The van der Waals surface area contributed by atoms with E-state index < -0.39 is 28.1 Å². The van der Waals surface area contributed by atoms with Crippen molar-refractivity contribution >= 4 is 39.2 Å². The number of carbonyl (C=O) groups excluding carboxylic acids is 1. The van der Waals surface area contributed by atoms with Crippen LogP contribution in [0.25, 0.3) is 0 Å². The summed E-state index contributed by atoms with van der Waals surface area (Å²) in [6.07, 6.45) is -5.08. The molecular formula is C25H31F3N4O8S. The zero-order valence-corrected chi connectivity index (χ0v) is 23.1. The molecule has 0 aliphatic carbocycles. The lowest BCUT2D eigenvalue weighted by Gasteiger charge is -2.36. The van der Waals surface area contributed by atoms with Crippen LogP contribution in [0.4, 0.5) is 24.5 Å². The number of methoxy groups -OCH3 is 1. The van der Waals surface area contributed by atoms with Crippen molar-refractivity contribution in [2.24, 2.45) is 0 Å². The van der Waals surface area contributed by atoms with Gasteiger partial charge in [0.2, 0.25) is 5.91 Å². The Hall–Kier alpha value is -3.89. The minimum Gasteiger partial charge on any atom is -0.478 e.